The Morgan fingerprint density at radius 1 is 1.10 bits per heavy atom. The molecule has 0 aliphatic rings. The minimum Gasteiger partial charge on any atom is -0.353 e. The molecule has 2 heterocycles. The van der Waals surface area contributed by atoms with Gasteiger partial charge in [-0.3, -0.25) is 10.1 Å². The molecule has 0 unspecified atom stereocenters. The number of carbonyl (C=O) groups excluding carboxylic acids is 1. The average Bonchev–Trinajstić information content (AvgIpc) is 3.19. The maximum Gasteiger partial charge on any atom is 0.267 e. The average molecular weight is 441 g/mol. The predicted octanol–water partition coefficient (Wildman–Crippen LogP) is 3.48. The summed E-state index contributed by atoms with van der Waals surface area (Å²) in [4.78, 5) is 32.8. The van der Waals surface area contributed by atoms with Crippen LogP contribution in [-0.4, -0.2) is 57.9 Å². The van der Waals surface area contributed by atoms with Crippen molar-refractivity contribution in [1.82, 2.24) is 24.8 Å². The van der Waals surface area contributed by atoms with Gasteiger partial charge in [-0.2, -0.15) is 15.0 Å². The molecule has 0 aliphatic carbocycles. The number of amides is 1. The number of anilines is 4. The minimum atomic E-state index is -0.195. The van der Waals surface area contributed by atoms with Crippen LogP contribution in [0.1, 0.15) is 33.5 Å². The summed E-state index contributed by atoms with van der Waals surface area (Å²) >= 11 is 1.25. The summed E-state index contributed by atoms with van der Waals surface area (Å²) in [5, 5.41) is 9.83. The summed E-state index contributed by atoms with van der Waals surface area (Å²) < 4.78 is 0. The van der Waals surface area contributed by atoms with Gasteiger partial charge in [0.2, 0.25) is 11.9 Å². The summed E-state index contributed by atoms with van der Waals surface area (Å²) in [7, 11) is 4.02. The van der Waals surface area contributed by atoms with Gasteiger partial charge < -0.3 is 15.5 Å². The fraction of sp³-hybridized carbons (Fsp3) is 0.381. The monoisotopic (exact) mass is 440 g/mol. The van der Waals surface area contributed by atoms with Crippen LogP contribution in [0.15, 0.2) is 24.4 Å². The minimum absolute atomic E-state index is 0.195. The molecule has 0 bridgehead atoms. The van der Waals surface area contributed by atoms with E-state index in [1.54, 1.807) is 6.20 Å². The van der Waals surface area contributed by atoms with Gasteiger partial charge in [-0.05, 0) is 39.1 Å². The molecule has 1 aromatic carbocycles. The number of benzene rings is 1. The number of nitrogens with zero attached hydrogens (tertiary/aromatic N) is 5. The van der Waals surface area contributed by atoms with E-state index in [4.69, 9.17) is 0 Å². The van der Waals surface area contributed by atoms with Crippen LogP contribution in [0.25, 0.3) is 0 Å². The molecule has 0 atom stereocenters. The highest BCUT2D eigenvalue weighted by molar-refractivity contribution is 7.17. The van der Waals surface area contributed by atoms with E-state index in [2.05, 4.69) is 40.8 Å². The normalized spacial score (nSPS) is 10.9. The zero-order chi connectivity index (χ0) is 22.4. The Labute approximate surface area is 186 Å². The molecule has 3 aromatic rings. The van der Waals surface area contributed by atoms with Crippen LogP contribution in [0.3, 0.4) is 0 Å². The molecule has 0 saturated heterocycles. The molecular formula is C21H28N8OS. The predicted molar refractivity (Wildman–Crippen MR) is 126 cm³/mol. The van der Waals surface area contributed by atoms with Crippen LogP contribution in [0, 0.1) is 13.8 Å². The first-order valence-corrected chi connectivity index (χ1v) is 10.9. The number of thiazole rings is 1. The molecule has 3 rings (SSSR count). The fourth-order valence-electron chi connectivity index (χ4n) is 2.82. The number of aryl methyl sites for hydroxylation is 3. The summed E-state index contributed by atoms with van der Waals surface area (Å²) in [6.07, 6.45) is 2.23. The van der Waals surface area contributed by atoms with Crippen LogP contribution in [0.5, 0.6) is 0 Å². The number of carbonyl (C=O) groups is 1. The van der Waals surface area contributed by atoms with Crippen molar-refractivity contribution in [2.24, 2.45) is 0 Å². The summed E-state index contributed by atoms with van der Waals surface area (Å²) in [5.74, 6) is 1.39. The van der Waals surface area contributed by atoms with Gasteiger partial charge in [0.15, 0.2) is 5.13 Å². The SMILES string of the molecule is CCc1nc(NCCN(C)C)nc(Nc2ncc(C(=O)Nc3c(C)cccc3C)s2)n1. The van der Waals surface area contributed by atoms with Gasteiger partial charge in [-0.15, -0.1) is 0 Å². The van der Waals surface area contributed by atoms with Gasteiger partial charge in [-0.25, -0.2) is 4.98 Å². The third kappa shape index (κ3) is 6.19. The van der Waals surface area contributed by atoms with Crippen molar-refractivity contribution in [2.45, 2.75) is 27.2 Å². The summed E-state index contributed by atoms with van der Waals surface area (Å²) in [5.41, 5.74) is 2.86. The Morgan fingerprint density at radius 3 is 2.48 bits per heavy atom. The Hall–Kier alpha value is -3.11. The standard InChI is InChI=1S/C21H28N8OS/c1-6-16-24-19(22-10-11-29(4)5)27-20(25-16)28-21-23-12-15(31-21)18(30)26-17-13(2)8-7-9-14(17)3/h7-9,12H,6,10-11H2,1-5H3,(H,26,30)(H2,22,23,24,25,27,28). The second-order valence-electron chi connectivity index (χ2n) is 7.36. The second kappa shape index (κ2) is 10.3. The van der Waals surface area contributed by atoms with E-state index in [0.717, 1.165) is 29.9 Å². The third-order valence-corrected chi connectivity index (χ3v) is 5.42. The van der Waals surface area contributed by atoms with Crippen LogP contribution in [-0.2, 0) is 6.42 Å². The first kappa shape index (κ1) is 22.6. The summed E-state index contributed by atoms with van der Waals surface area (Å²) in [6.45, 7) is 7.51. The van der Waals surface area contributed by atoms with Gasteiger partial charge in [0.25, 0.3) is 5.91 Å². The molecule has 31 heavy (non-hydrogen) atoms. The molecule has 2 aromatic heterocycles. The maximum absolute atomic E-state index is 12.7. The number of hydrogen-bond acceptors (Lipinski definition) is 9. The quantitative estimate of drug-likeness (QED) is 0.464. The molecule has 0 fully saturated rings. The van der Waals surface area contributed by atoms with Crippen molar-refractivity contribution in [1.29, 1.82) is 0 Å². The van der Waals surface area contributed by atoms with E-state index >= 15 is 0 Å². The van der Waals surface area contributed by atoms with Crippen molar-refractivity contribution in [3.63, 3.8) is 0 Å². The first-order valence-electron chi connectivity index (χ1n) is 10.1. The van der Waals surface area contributed by atoms with Crippen molar-refractivity contribution in [3.8, 4) is 0 Å². The van der Waals surface area contributed by atoms with E-state index < -0.39 is 0 Å². The lowest BCUT2D eigenvalue weighted by Crippen LogP contribution is -2.22. The topological polar surface area (TPSA) is 108 Å². The maximum atomic E-state index is 12.7. The van der Waals surface area contributed by atoms with Crippen LogP contribution >= 0.6 is 11.3 Å². The Morgan fingerprint density at radius 2 is 1.81 bits per heavy atom. The smallest absolute Gasteiger partial charge is 0.267 e. The lowest BCUT2D eigenvalue weighted by atomic mass is 10.1. The summed E-state index contributed by atoms with van der Waals surface area (Å²) in [6, 6.07) is 5.91. The molecule has 0 aliphatic heterocycles. The largest absolute Gasteiger partial charge is 0.353 e. The fourth-order valence-corrected chi connectivity index (χ4v) is 3.53. The van der Waals surface area contributed by atoms with Crippen molar-refractivity contribution >= 4 is 40.0 Å². The van der Waals surface area contributed by atoms with Crippen molar-refractivity contribution in [3.05, 3.63) is 46.2 Å². The Kier molecular flexibility index (Phi) is 7.48. The first-order chi connectivity index (χ1) is 14.9. The molecule has 0 saturated carbocycles. The van der Waals surface area contributed by atoms with Gasteiger partial charge in [-0.1, -0.05) is 36.5 Å². The number of aromatic nitrogens is 4. The number of hydrogen-bond donors (Lipinski definition) is 3. The molecule has 164 valence electrons. The van der Waals surface area contributed by atoms with Gasteiger partial charge >= 0.3 is 0 Å². The van der Waals surface area contributed by atoms with Gasteiger partial charge in [0, 0.05) is 25.2 Å². The van der Waals surface area contributed by atoms with Crippen molar-refractivity contribution in [2.75, 3.05) is 43.1 Å². The van der Waals surface area contributed by atoms with E-state index in [9.17, 15) is 4.79 Å². The van der Waals surface area contributed by atoms with Gasteiger partial charge in [0.1, 0.15) is 10.7 Å². The van der Waals surface area contributed by atoms with E-state index in [1.807, 2.05) is 53.1 Å². The molecule has 1 amide bonds. The van der Waals surface area contributed by atoms with E-state index in [1.165, 1.54) is 11.3 Å². The van der Waals surface area contributed by atoms with Crippen LogP contribution < -0.4 is 16.0 Å². The highest BCUT2D eigenvalue weighted by atomic mass is 32.1. The van der Waals surface area contributed by atoms with Crippen molar-refractivity contribution < 1.29 is 4.79 Å². The number of para-hydroxylation sites is 1. The molecule has 9 nitrogen and oxygen atoms in total. The molecule has 0 spiro atoms. The molecule has 3 N–H and O–H groups in total. The van der Waals surface area contributed by atoms with Gasteiger partial charge in [0.05, 0.1) is 6.20 Å². The Bertz CT molecular complexity index is 1030. The number of likely N-dealkylation sites (N-methyl/N-ethyl adjacent to an activating group) is 1. The highest BCUT2D eigenvalue weighted by Crippen LogP contribution is 2.24. The molecule has 10 heteroatoms. The lowest BCUT2D eigenvalue weighted by Gasteiger charge is -2.11. The Balaban J connectivity index is 1.70. The van der Waals surface area contributed by atoms with E-state index in [0.29, 0.717) is 34.2 Å². The second-order valence-corrected chi connectivity index (χ2v) is 8.39. The van der Waals surface area contributed by atoms with Crippen LogP contribution in [0.2, 0.25) is 0 Å². The molecular weight excluding hydrogens is 412 g/mol. The zero-order valence-electron chi connectivity index (χ0n) is 18.5. The van der Waals surface area contributed by atoms with Crippen LogP contribution in [0.4, 0.5) is 22.7 Å². The van der Waals surface area contributed by atoms with E-state index in [-0.39, 0.29) is 5.91 Å². The lowest BCUT2D eigenvalue weighted by molar-refractivity contribution is 0.103. The zero-order valence-corrected chi connectivity index (χ0v) is 19.3. The molecule has 0 radical (unpaired) electrons. The third-order valence-electron chi connectivity index (χ3n) is 4.51. The number of rotatable bonds is 9. The number of nitrogens with one attached hydrogen (secondary N) is 3. The highest BCUT2D eigenvalue weighted by Gasteiger charge is 2.14.